The van der Waals surface area contributed by atoms with Crippen molar-refractivity contribution in [3.8, 4) is 16.9 Å². The van der Waals surface area contributed by atoms with Crippen LogP contribution in [0.1, 0.15) is 37.6 Å². The Labute approximate surface area is 225 Å². The molecule has 3 rings (SSSR count). The van der Waals surface area contributed by atoms with Gasteiger partial charge in [-0.1, -0.05) is 42.5 Å². The van der Waals surface area contributed by atoms with Crippen LogP contribution in [0.15, 0.2) is 54.6 Å². The molecule has 1 N–H and O–H groups in total. The average molecular weight is 565 g/mol. The van der Waals surface area contributed by atoms with E-state index in [1.165, 1.54) is 12.1 Å². The standard InChI is InChI=1S/C28H24F5NO6/c1-28(2,3)40-27(37)34-14-13-18(26(36)39-24-22(32)20(30)19(29)21(31)23(24)33)38-25(35)17-11-9-16(10-12-17)15-7-5-4-6-8-15/h4-12,18H,13-14H2,1-3H3,(H,34,37)/t18-/m0/s1. The van der Waals surface area contributed by atoms with Crippen LogP contribution in [0.3, 0.4) is 0 Å². The highest BCUT2D eigenvalue weighted by Crippen LogP contribution is 2.30. The fraction of sp³-hybridized carbons (Fsp3) is 0.250. The second-order valence-corrected chi connectivity index (χ2v) is 9.37. The van der Waals surface area contributed by atoms with Gasteiger partial charge in [0.25, 0.3) is 0 Å². The van der Waals surface area contributed by atoms with Crippen molar-refractivity contribution < 1.29 is 50.5 Å². The summed E-state index contributed by atoms with van der Waals surface area (Å²) in [6.45, 7) is 4.44. The Morgan fingerprint density at radius 3 is 1.85 bits per heavy atom. The number of halogens is 5. The number of amides is 1. The molecule has 3 aromatic carbocycles. The van der Waals surface area contributed by atoms with Crippen molar-refractivity contribution >= 4 is 18.0 Å². The quantitative estimate of drug-likeness (QED) is 0.117. The number of ether oxygens (including phenoxy) is 3. The lowest BCUT2D eigenvalue weighted by molar-refractivity contribution is -0.145. The molecule has 0 aliphatic carbocycles. The van der Waals surface area contributed by atoms with E-state index in [4.69, 9.17) is 9.47 Å². The molecule has 0 aromatic heterocycles. The molecule has 12 heteroatoms. The van der Waals surface area contributed by atoms with Crippen molar-refractivity contribution in [1.29, 1.82) is 0 Å². The molecule has 0 unspecified atom stereocenters. The van der Waals surface area contributed by atoms with Gasteiger partial charge in [-0.15, -0.1) is 0 Å². The minimum absolute atomic E-state index is 0.0196. The third-order valence-electron chi connectivity index (χ3n) is 5.19. The first kappa shape index (κ1) is 30.1. The maximum atomic E-state index is 14.1. The summed E-state index contributed by atoms with van der Waals surface area (Å²) in [6.07, 6.45) is -3.31. The SMILES string of the molecule is CC(C)(C)OC(=O)NCC[C@H](OC(=O)c1ccc(-c2ccccc2)cc1)C(=O)Oc1c(F)c(F)c(F)c(F)c1F. The molecule has 3 aromatic rings. The lowest BCUT2D eigenvalue weighted by Crippen LogP contribution is -2.38. The summed E-state index contributed by atoms with van der Waals surface area (Å²) in [5.41, 5.74) is 0.752. The molecule has 1 atom stereocenters. The van der Waals surface area contributed by atoms with Gasteiger partial charge in [0.1, 0.15) is 5.60 Å². The van der Waals surface area contributed by atoms with E-state index in [9.17, 15) is 36.3 Å². The minimum Gasteiger partial charge on any atom is -0.447 e. The van der Waals surface area contributed by atoms with Crippen molar-refractivity contribution in [2.75, 3.05) is 6.54 Å². The van der Waals surface area contributed by atoms with Gasteiger partial charge in [0.05, 0.1) is 5.56 Å². The fourth-order valence-corrected chi connectivity index (χ4v) is 3.31. The molecular weight excluding hydrogens is 541 g/mol. The van der Waals surface area contributed by atoms with Gasteiger partial charge in [0, 0.05) is 13.0 Å². The summed E-state index contributed by atoms with van der Waals surface area (Å²) in [6, 6.07) is 15.2. The van der Waals surface area contributed by atoms with E-state index in [-0.39, 0.29) is 12.1 Å². The number of hydrogen-bond acceptors (Lipinski definition) is 6. The van der Waals surface area contributed by atoms with Crippen LogP contribution in [0, 0.1) is 29.1 Å². The van der Waals surface area contributed by atoms with Gasteiger partial charge in [-0.25, -0.2) is 27.6 Å². The predicted octanol–water partition coefficient (Wildman–Crippen LogP) is 6.09. The lowest BCUT2D eigenvalue weighted by atomic mass is 10.0. The van der Waals surface area contributed by atoms with Gasteiger partial charge in [-0.2, -0.15) is 8.78 Å². The summed E-state index contributed by atoms with van der Waals surface area (Å²) in [5, 5.41) is 2.30. The zero-order chi connectivity index (χ0) is 29.6. The molecular formula is C28H24F5NO6. The molecule has 0 aliphatic rings. The van der Waals surface area contributed by atoms with Crippen LogP contribution in [0.4, 0.5) is 26.7 Å². The Kier molecular flexibility index (Phi) is 9.46. The van der Waals surface area contributed by atoms with Crippen LogP contribution in [-0.4, -0.2) is 36.3 Å². The third-order valence-corrected chi connectivity index (χ3v) is 5.19. The Morgan fingerprint density at radius 2 is 1.30 bits per heavy atom. The van der Waals surface area contributed by atoms with Crippen LogP contribution in [0.5, 0.6) is 5.75 Å². The number of benzene rings is 3. The van der Waals surface area contributed by atoms with Gasteiger partial charge < -0.3 is 19.5 Å². The summed E-state index contributed by atoms with van der Waals surface area (Å²) < 4.78 is 83.3. The van der Waals surface area contributed by atoms with Crippen LogP contribution in [0.25, 0.3) is 11.1 Å². The maximum Gasteiger partial charge on any atom is 0.407 e. The van der Waals surface area contributed by atoms with E-state index in [1.54, 1.807) is 32.9 Å². The molecule has 212 valence electrons. The highest BCUT2D eigenvalue weighted by atomic mass is 19.2. The number of carbonyl (C=O) groups is 3. The number of alkyl carbamates (subject to hydrolysis) is 1. The monoisotopic (exact) mass is 565 g/mol. The smallest absolute Gasteiger partial charge is 0.407 e. The Morgan fingerprint density at radius 1 is 0.775 bits per heavy atom. The van der Waals surface area contributed by atoms with Crippen molar-refractivity contribution in [3.05, 3.63) is 89.2 Å². The molecule has 7 nitrogen and oxygen atoms in total. The van der Waals surface area contributed by atoms with E-state index in [1.807, 2.05) is 30.3 Å². The number of carbonyl (C=O) groups excluding carboxylic acids is 3. The topological polar surface area (TPSA) is 90.9 Å². The van der Waals surface area contributed by atoms with E-state index >= 15 is 0 Å². The van der Waals surface area contributed by atoms with Gasteiger partial charge in [0.2, 0.25) is 40.9 Å². The summed E-state index contributed by atoms with van der Waals surface area (Å²) in [4.78, 5) is 37.4. The number of rotatable bonds is 8. The molecule has 0 spiro atoms. The van der Waals surface area contributed by atoms with Crippen LogP contribution >= 0.6 is 0 Å². The second kappa shape index (κ2) is 12.6. The Hall–Kier alpha value is -4.48. The number of nitrogens with one attached hydrogen (secondary N) is 1. The molecule has 40 heavy (non-hydrogen) atoms. The zero-order valence-electron chi connectivity index (χ0n) is 21.5. The molecule has 1 amide bonds. The molecule has 0 saturated carbocycles. The van der Waals surface area contributed by atoms with E-state index in [0.717, 1.165) is 11.1 Å². The third kappa shape index (κ3) is 7.55. The molecule has 0 bridgehead atoms. The Balaban J connectivity index is 1.80. The van der Waals surface area contributed by atoms with E-state index < -0.39 is 71.0 Å². The largest absolute Gasteiger partial charge is 0.447 e. The minimum atomic E-state index is -2.45. The fourth-order valence-electron chi connectivity index (χ4n) is 3.31. The number of hydrogen-bond donors (Lipinski definition) is 1. The van der Waals surface area contributed by atoms with Crippen molar-refractivity contribution in [2.24, 2.45) is 0 Å². The van der Waals surface area contributed by atoms with Gasteiger partial charge in [-0.05, 0) is 44.0 Å². The summed E-state index contributed by atoms with van der Waals surface area (Å²) in [7, 11) is 0. The first-order valence-corrected chi connectivity index (χ1v) is 11.8. The van der Waals surface area contributed by atoms with Crippen LogP contribution in [0.2, 0.25) is 0 Å². The van der Waals surface area contributed by atoms with Gasteiger partial charge >= 0.3 is 18.0 Å². The first-order valence-electron chi connectivity index (χ1n) is 11.8. The van der Waals surface area contributed by atoms with E-state index in [0.29, 0.717) is 0 Å². The first-order chi connectivity index (χ1) is 18.8. The summed E-state index contributed by atoms with van der Waals surface area (Å²) in [5.74, 6) is -16.5. The number of esters is 2. The maximum absolute atomic E-state index is 14.1. The average Bonchev–Trinajstić information content (AvgIpc) is 2.92. The van der Waals surface area contributed by atoms with Crippen molar-refractivity contribution in [2.45, 2.75) is 38.9 Å². The van der Waals surface area contributed by atoms with Crippen molar-refractivity contribution in [3.63, 3.8) is 0 Å². The normalized spacial score (nSPS) is 11.9. The highest BCUT2D eigenvalue weighted by Gasteiger charge is 2.32. The van der Waals surface area contributed by atoms with Crippen LogP contribution < -0.4 is 10.1 Å². The Bertz CT molecular complexity index is 1360. The molecule has 0 saturated heterocycles. The molecule has 0 aliphatic heterocycles. The second-order valence-electron chi connectivity index (χ2n) is 9.37. The molecule has 0 radical (unpaired) electrons. The zero-order valence-corrected chi connectivity index (χ0v) is 21.5. The highest BCUT2D eigenvalue weighted by molar-refractivity contribution is 5.92. The van der Waals surface area contributed by atoms with Gasteiger partial charge in [0.15, 0.2) is 0 Å². The van der Waals surface area contributed by atoms with Crippen molar-refractivity contribution in [1.82, 2.24) is 5.32 Å². The van der Waals surface area contributed by atoms with Crippen LogP contribution in [-0.2, 0) is 14.3 Å². The lowest BCUT2D eigenvalue weighted by Gasteiger charge is -2.21. The molecule has 0 heterocycles. The molecule has 0 fully saturated rings. The van der Waals surface area contributed by atoms with E-state index in [2.05, 4.69) is 10.1 Å². The van der Waals surface area contributed by atoms with Gasteiger partial charge in [-0.3, -0.25) is 0 Å². The predicted molar refractivity (Wildman–Crippen MR) is 132 cm³/mol. The summed E-state index contributed by atoms with van der Waals surface area (Å²) >= 11 is 0.